The third kappa shape index (κ3) is 15.8. The number of carbonyl (C=O) groups excluding carboxylic acids is 2. The maximum absolute atomic E-state index is 15.0. The third-order valence-electron chi connectivity index (χ3n) is 19.4. The first-order chi connectivity index (χ1) is 50.4. The molecule has 107 heavy (non-hydrogen) atoms. The number of amides is 1. The van der Waals surface area contributed by atoms with Crippen LogP contribution in [0.5, 0.6) is 11.5 Å². The number of nitrogens with zero attached hydrogens (tertiary/aromatic N) is 8. The van der Waals surface area contributed by atoms with Crippen LogP contribution in [0.4, 0.5) is 46.5 Å². The average molecular weight is 1760 g/mol. The predicted molar refractivity (Wildman–Crippen MR) is 400 cm³/mol. The number of ether oxygens (including phenoxy) is 1. The molecule has 0 bridgehead atoms. The number of aromatic nitrogens is 4. The molecule has 33 heteroatoms. The minimum Gasteiger partial charge on any atom is -0.507 e. The predicted octanol–water partition coefficient (Wildman–Crippen LogP) is 16.1. The number of methoxy groups -OCH3 is 1. The van der Waals surface area contributed by atoms with Gasteiger partial charge in [-0.3, -0.25) is 24.0 Å². The van der Waals surface area contributed by atoms with Crippen molar-refractivity contribution in [2.24, 2.45) is 11.7 Å². The van der Waals surface area contributed by atoms with E-state index in [0.29, 0.717) is 101 Å². The summed E-state index contributed by atoms with van der Waals surface area (Å²) in [6.45, 7) is 12.0. The van der Waals surface area contributed by atoms with Gasteiger partial charge in [0.25, 0.3) is 22.2 Å². The number of esters is 1. The number of rotatable bonds is 11. The number of nitrogens with two attached hydrogens (primary N) is 1. The van der Waals surface area contributed by atoms with Crippen LogP contribution in [0.2, 0.25) is 0 Å². The van der Waals surface area contributed by atoms with Gasteiger partial charge in [0.1, 0.15) is 47.0 Å². The molecule has 9 aromatic rings. The normalized spacial score (nSPS) is 16.2. The number of pyridine rings is 4. The average Bonchev–Trinajstić information content (AvgIpc) is 1.74. The van der Waals surface area contributed by atoms with E-state index in [9.17, 15) is 82.7 Å². The highest BCUT2D eigenvalue weighted by Crippen LogP contribution is 2.46. The van der Waals surface area contributed by atoms with Crippen molar-refractivity contribution in [1.29, 1.82) is 10.5 Å². The second-order valence-electron chi connectivity index (χ2n) is 27.1. The van der Waals surface area contributed by atoms with Crippen molar-refractivity contribution in [3.63, 3.8) is 0 Å². The molecule has 3 N–H and O–H groups in total. The van der Waals surface area contributed by atoms with E-state index < -0.39 is 56.2 Å². The first-order valence-corrected chi connectivity index (χ1v) is 38.3. The fraction of sp³-hybridized carbons (Fsp3) is 0.378. The zero-order chi connectivity index (χ0) is 78.2. The number of hydrogen-bond acceptors (Lipinski definition) is 15. The fourth-order valence-electron chi connectivity index (χ4n) is 13.6. The van der Waals surface area contributed by atoms with Crippen molar-refractivity contribution in [3.05, 3.63) is 187 Å². The number of benzene rings is 5. The molecular formula is C74H67Br4F8N9O11S. The van der Waals surface area contributed by atoms with Gasteiger partial charge >= 0.3 is 21.6 Å². The Bertz CT molecular complexity index is 5700. The summed E-state index contributed by atoms with van der Waals surface area (Å²) in [6.07, 6.45) is 9.80. The van der Waals surface area contributed by atoms with Crippen LogP contribution in [0.3, 0.4) is 0 Å². The van der Waals surface area contributed by atoms with Gasteiger partial charge in [0.15, 0.2) is 5.75 Å². The minimum absolute atomic E-state index is 0.0321. The summed E-state index contributed by atoms with van der Waals surface area (Å²) in [5.74, 6) is -4.03. The van der Waals surface area contributed by atoms with Crippen LogP contribution in [0.25, 0.3) is 43.6 Å². The van der Waals surface area contributed by atoms with Crippen LogP contribution in [-0.2, 0) is 19.6 Å². The lowest BCUT2D eigenvalue weighted by molar-refractivity contribution is -0.116. The highest BCUT2D eigenvalue weighted by molar-refractivity contribution is 9.11. The van der Waals surface area contributed by atoms with Gasteiger partial charge in [-0.25, -0.2) is 26.7 Å². The number of nitriles is 2. The largest absolute Gasteiger partial charge is 0.534 e. The lowest BCUT2D eigenvalue weighted by Gasteiger charge is -2.26. The molecule has 5 heterocycles. The topological polar surface area (TPSA) is 275 Å². The van der Waals surface area contributed by atoms with Gasteiger partial charge in [0.2, 0.25) is 5.91 Å². The van der Waals surface area contributed by atoms with Gasteiger partial charge in [0.05, 0.1) is 75.1 Å². The smallest absolute Gasteiger partial charge is 0.507 e. The highest BCUT2D eigenvalue weighted by Gasteiger charge is 2.49. The molecule has 1 amide bonds. The molecule has 6 fully saturated rings. The number of carbonyl (C=O) groups is 2. The SMILES string of the molecule is COC(=O)c1cc(F)c(Br)c(C)c1N(C(C)=O)C1CC1.Cc1c(Br)c(F)cc2c(C#N)cc(=O)n(C3CC3)c12.Cc1c(Br)c(F)cc2c(O)cc(=O)n(C3CC3)c12.Cc1c(Br)c(F)cc2c(OS(=O)(=O)C(F)(F)F)cc(=O)n(C3CC3)c12.Cc1c(N2CC[C@@H](CN)C2)c(F)cc2c(C#N)cc(=O)n(C3CC3)c12. The standard InChI is InChI=1S/C19H21FN4O.C14H10BrF4NO4S.C14H10BrFN2O.C14H15BrFNO3.C13H11BrFNO2/c1-11-18-15(13(9-22)6-17(25)24(18)14-2-3-14)7-16(20)19(11)23-5-4-12(8-21)10-23;1-6-12(15)9(16)4-8-10(24-25(22,23)14(17,18)19)5-11(21)20(13(6)8)7-2-3-7;1-7-13(15)11(16)5-10-8(6-17)4-12(19)18(14(7)10)9-2-3-9;1-7-12(15)11(16)6-10(14(19)20-3)13(7)17(8(2)18)9-4-5-9;1-6-12(14)9(15)4-8-10(17)5-11(18)16(13(6)8)7-2-3-7/h6-7,12,14H,2-5,8,10,21H2,1H3;4-5,7H,2-3H2,1H3;4-5,9H,2-3H2,1H3;6,9H,4-5H2,1-3H3;4-5,7,17H,2-3H2,1H3/t12-;;;;/m0..../s1. The maximum atomic E-state index is 15.0. The number of halogens is 12. The van der Waals surface area contributed by atoms with Gasteiger partial charge in [-0.1, -0.05) is 0 Å². The zero-order valence-corrected chi connectivity index (χ0v) is 65.3. The van der Waals surface area contributed by atoms with Crippen LogP contribution in [-0.4, -0.2) is 82.0 Å². The van der Waals surface area contributed by atoms with Crippen molar-refractivity contribution in [3.8, 4) is 23.6 Å². The Kier molecular flexibility index (Phi) is 23.0. The van der Waals surface area contributed by atoms with Crippen LogP contribution in [0.15, 0.2) is 91.7 Å². The quantitative estimate of drug-likeness (QED) is 0.0527. The summed E-state index contributed by atoms with van der Waals surface area (Å²) in [6, 6.07) is 14.8. The van der Waals surface area contributed by atoms with Crippen LogP contribution < -0.4 is 42.0 Å². The Morgan fingerprint density at radius 2 is 0.953 bits per heavy atom. The van der Waals surface area contributed by atoms with E-state index in [-0.39, 0.29) is 106 Å². The highest BCUT2D eigenvalue weighted by atomic mass is 79.9. The lowest BCUT2D eigenvalue weighted by atomic mass is 10.0. The summed E-state index contributed by atoms with van der Waals surface area (Å²) in [5.41, 5.74) is 5.27. The van der Waals surface area contributed by atoms with Gasteiger partial charge in [-0.2, -0.15) is 32.1 Å². The Labute approximate surface area is 639 Å². The van der Waals surface area contributed by atoms with E-state index in [1.807, 2.05) is 24.0 Å². The Morgan fingerprint density at radius 3 is 1.36 bits per heavy atom. The van der Waals surface area contributed by atoms with E-state index in [0.717, 1.165) is 94.6 Å². The van der Waals surface area contributed by atoms with Gasteiger partial charge < -0.3 is 47.8 Å². The van der Waals surface area contributed by atoms with E-state index in [1.54, 1.807) is 39.4 Å². The number of fused-ring (bicyclic) bond motifs is 4. The van der Waals surface area contributed by atoms with Crippen LogP contribution in [0.1, 0.15) is 151 Å². The number of anilines is 2. The Hall–Kier alpha value is -8.47. The molecule has 15 rings (SSSR count). The van der Waals surface area contributed by atoms with Gasteiger partial charge in [0, 0.05) is 96.0 Å². The molecule has 20 nitrogen and oxygen atoms in total. The zero-order valence-electron chi connectivity index (χ0n) is 58.2. The summed E-state index contributed by atoms with van der Waals surface area (Å²) >= 11 is 12.6. The third-order valence-corrected chi connectivity index (χ3v) is 24.3. The summed E-state index contributed by atoms with van der Waals surface area (Å²) in [7, 11) is -4.76. The van der Waals surface area contributed by atoms with Crippen molar-refractivity contribution < 1.29 is 67.2 Å². The van der Waals surface area contributed by atoms with Crippen LogP contribution in [0, 0.1) is 92.3 Å². The van der Waals surface area contributed by atoms with E-state index in [1.165, 1.54) is 55.9 Å². The molecule has 5 aliphatic carbocycles. The number of hydrogen-bond donors (Lipinski definition) is 2. The van der Waals surface area contributed by atoms with Gasteiger partial charge in [-0.15, -0.1) is 0 Å². The van der Waals surface area contributed by atoms with Crippen molar-refractivity contribution in [2.45, 2.75) is 148 Å². The summed E-state index contributed by atoms with van der Waals surface area (Å²) in [5, 5.41) is 29.5. The molecule has 0 unspecified atom stereocenters. The molecule has 564 valence electrons. The number of alkyl halides is 3. The molecule has 0 radical (unpaired) electrons. The van der Waals surface area contributed by atoms with E-state index in [4.69, 9.17) is 15.7 Å². The molecular weight excluding hydrogens is 1690 g/mol. The molecule has 5 aromatic carbocycles. The number of aryl methyl sites for hydroxylation is 4. The van der Waals surface area contributed by atoms with E-state index >= 15 is 0 Å². The first-order valence-electron chi connectivity index (χ1n) is 33.7. The minimum atomic E-state index is -5.99. The second-order valence-corrected chi connectivity index (χ2v) is 31.8. The van der Waals surface area contributed by atoms with Gasteiger partial charge in [-0.05, 0) is 240 Å². The molecule has 1 atom stereocenters. The molecule has 5 saturated carbocycles. The molecule has 1 aliphatic heterocycles. The Morgan fingerprint density at radius 1 is 0.570 bits per heavy atom. The fourth-order valence-corrected chi connectivity index (χ4v) is 15.3. The number of aromatic hydroxyl groups is 1. The molecule has 1 saturated heterocycles. The first kappa shape index (κ1) is 79.6. The summed E-state index contributed by atoms with van der Waals surface area (Å²) in [4.78, 5) is 76.4. The monoisotopic (exact) mass is 1760 g/mol. The summed E-state index contributed by atoms with van der Waals surface area (Å²) < 4.78 is 147. The van der Waals surface area contributed by atoms with Crippen molar-refractivity contribution in [2.75, 3.05) is 36.5 Å². The van der Waals surface area contributed by atoms with Crippen molar-refractivity contribution in [1.82, 2.24) is 18.3 Å². The molecule has 4 aromatic heterocycles. The maximum Gasteiger partial charge on any atom is 0.534 e. The van der Waals surface area contributed by atoms with E-state index in [2.05, 4.69) is 67.9 Å². The van der Waals surface area contributed by atoms with Crippen molar-refractivity contribution >= 4 is 141 Å². The lowest BCUT2D eigenvalue weighted by Crippen LogP contribution is -2.33. The molecule has 0 spiro atoms. The van der Waals surface area contributed by atoms with Crippen LogP contribution >= 0.6 is 63.7 Å². The molecule has 6 aliphatic rings. The second kappa shape index (κ2) is 30.9. The Balaban J connectivity index is 0.000000134.